The molecule has 0 saturated heterocycles. The van der Waals surface area contributed by atoms with Crippen molar-refractivity contribution in [2.45, 2.75) is 40.7 Å². The fourth-order valence-electron chi connectivity index (χ4n) is 1.61. The topological polar surface area (TPSA) is 49.4 Å². The third-order valence-corrected chi connectivity index (χ3v) is 2.31. The van der Waals surface area contributed by atoms with Crippen LogP contribution in [0.4, 0.5) is 0 Å². The largest absolute Gasteiger partial charge is 0.344 e. The highest BCUT2D eigenvalue weighted by Gasteiger charge is 2.25. The minimum absolute atomic E-state index is 0.0149. The van der Waals surface area contributed by atoms with E-state index in [1.54, 1.807) is 11.9 Å². The van der Waals surface area contributed by atoms with Gasteiger partial charge >= 0.3 is 0 Å². The molecular formula is C12H24N2O2. The van der Waals surface area contributed by atoms with Gasteiger partial charge in [0, 0.05) is 20.5 Å². The predicted octanol–water partition coefficient (Wildman–Crippen LogP) is 1.26. The molecule has 0 aromatic rings. The van der Waals surface area contributed by atoms with Crippen LogP contribution < -0.4 is 5.32 Å². The zero-order valence-corrected chi connectivity index (χ0v) is 11.2. The Morgan fingerprint density at radius 2 is 1.69 bits per heavy atom. The van der Waals surface area contributed by atoms with E-state index in [0.717, 1.165) is 0 Å². The number of amides is 2. The number of carbonyl (C=O) groups is 2. The minimum Gasteiger partial charge on any atom is -0.344 e. The molecule has 94 valence electrons. The van der Waals surface area contributed by atoms with Crippen LogP contribution in [0.2, 0.25) is 0 Å². The molecule has 0 aliphatic carbocycles. The molecule has 4 heteroatoms. The van der Waals surface area contributed by atoms with Gasteiger partial charge in [-0.2, -0.15) is 0 Å². The van der Waals surface area contributed by atoms with E-state index in [2.05, 4.69) is 19.2 Å². The number of rotatable bonds is 5. The Labute approximate surface area is 98.4 Å². The third kappa shape index (κ3) is 5.14. The summed E-state index contributed by atoms with van der Waals surface area (Å²) in [6.07, 6.45) is 0. The second kappa shape index (κ2) is 6.51. The molecule has 0 aromatic heterocycles. The maximum absolute atomic E-state index is 12.1. The van der Waals surface area contributed by atoms with Crippen LogP contribution in [0, 0.1) is 11.8 Å². The Kier molecular flexibility index (Phi) is 6.08. The van der Waals surface area contributed by atoms with Crippen molar-refractivity contribution >= 4 is 11.8 Å². The Hall–Kier alpha value is -1.06. The van der Waals surface area contributed by atoms with Gasteiger partial charge in [0.05, 0.1) is 0 Å². The lowest BCUT2D eigenvalue weighted by atomic mass is 10.0. The number of hydrogen-bond acceptors (Lipinski definition) is 2. The van der Waals surface area contributed by atoms with Gasteiger partial charge in [0.2, 0.25) is 11.8 Å². The number of hydrogen-bond donors (Lipinski definition) is 1. The van der Waals surface area contributed by atoms with Crippen molar-refractivity contribution in [2.24, 2.45) is 11.8 Å². The van der Waals surface area contributed by atoms with Crippen LogP contribution in [0.15, 0.2) is 0 Å². The Bertz CT molecular complexity index is 249. The molecular weight excluding hydrogens is 204 g/mol. The Balaban J connectivity index is 4.54. The maximum atomic E-state index is 12.1. The minimum atomic E-state index is -0.416. The van der Waals surface area contributed by atoms with E-state index in [4.69, 9.17) is 0 Å². The summed E-state index contributed by atoms with van der Waals surface area (Å²) in [6.45, 7) is 10.1. The first kappa shape index (κ1) is 14.9. The van der Waals surface area contributed by atoms with E-state index in [0.29, 0.717) is 12.5 Å². The van der Waals surface area contributed by atoms with Gasteiger partial charge in [0.1, 0.15) is 6.04 Å². The normalized spacial score (nSPS) is 12.8. The molecule has 0 aliphatic rings. The molecule has 1 N–H and O–H groups in total. The molecule has 4 nitrogen and oxygen atoms in total. The SMILES string of the molecule is CC(=O)NC(C(=O)N(C)CC(C)C)C(C)C. The van der Waals surface area contributed by atoms with Gasteiger partial charge in [-0.05, 0) is 11.8 Å². The van der Waals surface area contributed by atoms with Gasteiger partial charge in [-0.1, -0.05) is 27.7 Å². The molecule has 1 unspecified atom stereocenters. The van der Waals surface area contributed by atoms with E-state index in [-0.39, 0.29) is 17.7 Å². The summed E-state index contributed by atoms with van der Waals surface area (Å²) in [5.41, 5.74) is 0. The summed E-state index contributed by atoms with van der Waals surface area (Å²) in [7, 11) is 1.78. The van der Waals surface area contributed by atoms with Crippen LogP contribution in [0.25, 0.3) is 0 Å². The maximum Gasteiger partial charge on any atom is 0.245 e. The lowest BCUT2D eigenvalue weighted by molar-refractivity contribution is -0.136. The smallest absolute Gasteiger partial charge is 0.245 e. The zero-order chi connectivity index (χ0) is 12.9. The molecule has 0 bridgehead atoms. The van der Waals surface area contributed by atoms with Crippen molar-refractivity contribution in [3.05, 3.63) is 0 Å². The molecule has 0 aliphatic heterocycles. The van der Waals surface area contributed by atoms with Gasteiger partial charge in [-0.25, -0.2) is 0 Å². The average molecular weight is 228 g/mol. The van der Waals surface area contributed by atoms with Gasteiger partial charge in [-0.15, -0.1) is 0 Å². The summed E-state index contributed by atoms with van der Waals surface area (Å²) < 4.78 is 0. The van der Waals surface area contributed by atoms with Crippen LogP contribution in [-0.2, 0) is 9.59 Å². The van der Waals surface area contributed by atoms with E-state index in [1.807, 2.05) is 13.8 Å². The summed E-state index contributed by atoms with van der Waals surface area (Å²) in [5.74, 6) is 0.356. The Morgan fingerprint density at radius 1 is 1.19 bits per heavy atom. The highest BCUT2D eigenvalue weighted by molar-refractivity contribution is 5.86. The first-order valence-electron chi connectivity index (χ1n) is 5.77. The molecule has 0 saturated carbocycles. The van der Waals surface area contributed by atoms with Crippen molar-refractivity contribution < 1.29 is 9.59 Å². The number of nitrogens with zero attached hydrogens (tertiary/aromatic N) is 1. The Morgan fingerprint density at radius 3 is 2.00 bits per heavy atom. The fraction of sp³-hybridized carbons (Fsp3) is 0.833. The van der Waals surface area contributed by atoms with E-state index >= 15 is 0 Å². The molecule has 0 aromatic carbocycles. The summed E-state index contributed by atoms with van der Waals surface area (Å²) in [4.78, 5) is 24.8. The first-order chi connectivity index (χ1) is 7.25. The van der Waals surface area contributed by atoms with Gasteiger partial charge < -0.3 is 10.2 Å². The van der Waals surface area contributed by atoms with Crippen molar-refractivity contribution in [3.63, 3.8) is 0 Å². The fourth-order valence-corrected chi connectivity index (χ4v) is 1.61. The van der Waals surface area contributed by atoms with E-state index in [1.165, 1.54) is 6.92 Å². The van der Waals surface area contributed by atoms with Gasteiger partial charge in [0.15, 0.2) is 0 Å². The quantitative estimate of drug-likeness (QED) is 0.770. The van der Waals surface area contributed by atoms with Crippen LogP contribution in [0.1, 0.15) is 34.6 Å². The van der Waals surface area contributed by atoms with Gasteiger partial charge in [0.25, 0.3) is 0 Å². The summed E-state index contributed by atoms with van der Waals surface area (Å²) in [5, 5.41) is 2.70. The van der Waals surface area contributed by atoms with Crippen LogP contribution in [0.3, 0.4) is 0 Å². The monoisotopic (exact) mass is 228 g/mol. The van der Waals surface area contributed by atoms with Crippen molar-refractivity contribution in [1.29, 1.82) is 0 Å². The van der Waals surface area contributed by atoms with Crippen molar-refractivity contribution in [2.75, 3.05) is 13.6 Å². The van der Waals surface area contributed by atoms with Crippen LogP contribution >= 0.6 is 0 Å². The second-order valence-corrected chi connectivity index (χ2v) is 5.03. The second-order valence-electron chi connectivity index (χ2n) is 5.03. The van der Waals surface area contributed by atoms with Gasteiger partial charge in [-0.3, -0.25) is 9.59 Å². The van der Waals surface area contributed by atoms with E-state index < -0.39 is 6.04 Å². The third-order valence-electron chi connectivity index (χ3n) is 2.31. The zero-order valence-electron chi connectivity index (χ0n) is 11.2. The molecule has 16 heavy (non-hydrogen) atoms. The molecule has 1 atom stereocenters. The molecule has 0 spiro atoms. The lowest BCUT2D eigenvalue weighted by Gasteiger charge is -2.27. The number of carbonyl (C=O) groups excluding carboxylic acids is 2. The number of likely N-dealkylation sites (N-methyl/N-ethyl adjacent to an activating group) is 1. The summed E-state index contributed by atoms with van der Waals surface area (Å²) >= 11 is 0. The lowest BCUT2D eigenvalue weighted by Crippen LogP contribution is -2.50. The van der Waals surface area contributed by atoms with Crippen molar-refractivity contribution in [1.82, 2.24) is 10.2 Å². The molecule has 0 rings (SSSR count). The summed E-state index contributed by atoms with van der Waals surface area (Å²) in [6, 6.07) is -0.416. The molecule has 0 heterocycles. The molecule has 2 amide bonds. The molecule has 0 fully saturated rings. The predicted molar refractivity (Wildman–Crippen MR) is 64.9 cm³/mol. The average Bonchev–Trinajstić information content (AvgIpc) is 2.11. The van der Waals surface area contributed by atoms with E-state index in [9.17, 15) is 9.59 Å². The van der Waals surface area contributed by atoms with Crippen molar-refractivity contribution in [3.8, 4) is 0 Å². The standard InChI is InChI=1S/C12H24N2O2/c1-8(2)7-14(6)12(16)11(9(3)4)13-10(5)15/h8-9,11H,7H2,1-6H3,(H,13,15). The number of nitrogens with one attached hydrogen (secondary N) is 1. The van der Waals surface area contributed by atoms with Crippen LogP contribution in [0.5, 0.6) is 0 Å². The molecule has 0 radical (unpaired) electrons. The highest BCUT2D eigenvalue weighted by atomic mass is 16.2. The highest BCUT2D eigenvalue weighted by Crippen LogP contribution is 2.07. The van der Waals surface area contributed by atoms with Crippen LogP contribution in [-0.4, -0.2) is 36.3 Å². The first-order valence-corrected chi connectivity index (χ1v) is 5.77.